The molecule has 1 rings (SSSR count). The van der Waals surface area contributed by atoms with Gasteiger partial charge in [-0.15, -0.1) is 0 Å². The van der Waals surface area contributed by atoms with E-state index in [0.29, 0.717) is 18.4 Å². The van der Waals surface area contributed by atoms with Gasteiger partial charge in [0.05, 0.1) is 12.2 Å². The molecular formula is C10H20O2. The molecule has 0 radical (unpaired) electrons. The molecule has 0 aromatic rings. The van der Waals surface area contributed by atoms with Gasteiger partial charge in [0.25, 0.3) is 0 Å². The van der Waals surface area contributed by atoms with Crippen LogP contribution in [0.3, 0.4) is 0 Å². The average molecular weight is 172 g/mol. The minimum atomic E-state index is -0.232. The summed E-state index contributed by atoms with van der Waals surface area (Å²) in [5, 5.41) is 9.83. The summed E-state index contributed by atoms with van der Waals surface area (Å²) in [6.45, 7) is 6.89. The van der Waals surface area contributed by atoms with Crippen molar-refractivity contribution in [1.29, 1.82) is 0 Å². The third-order valence-corrected chi connectivity index (χ3v) is 2.46. The van der Waals surface area contributed by atoms with Crippen LogP contribution in [0.2, 0.25) is 0 Å². The summed E-state index contributed by atoms with van der Waals surface area (Å²) in [6, 6.07) is 0. The minimum Gasteiger partial charge on any atom is -0.390 e. The lowest BCUT2D eigenvalue weighted by Gasteiger charge is -2.26. The first-order valence-electron chi connectivity index (χ1n) is 4.96. The predicted octanol–water partition coefficient (Wildman–Crippen LogP) is 1.82. The van der Waals surface area contributed by atoms with E-state index >= 15 is 0 Å². The third-order valence-electron chi connectivity index (χ3n) is 2.46. The van der Waals surface area contributed by atoms with Gasteiger partial charge in [0.2, 0.25) is 0 Å². The summed E-state index contributed by atoms with van der Waals surface area (Å²) in [4.78, 5) is 0. The summed E-state index contributed by atoms with van der Waals surface area (Å²) in [6.07, 6.45) is 2.17. The van der Waals surface area contributed by atoms with Crippen molar-refractivity contribution in [2.75, 3.05) is 6.61 Å². The molecule has 1 aliphatic rings. The lowest BCUT2D eigenvalue weighted by Crippen LogP contribution is -2.35. The van der Waals surface area contributed by atoms with E-state index in [1.54, 1.807) is 0 Å². The number of aliphatic hydroxyl groups is 1. The largest absolute Gasteiger partial charge is 0.390 e. The van der Waals surface area contributed by atoms with Crippen LogP contribution in [0.1, 0.15) is 33.6 Å². The van der Waals surface area contributed by atoms with Crippen LogP contribution in [0, 0.1) is 11.8 Å². The Hall–Kier alpha value is -0.0800. The Balaban J connectivity index is 2.39. The van der Waals surface area contributed by atoms with Crippen molar-refractivity contribution in [2.24, 2.45) is 11.8 Å². The van der Waals surface area contributed by atoms with Crippen LogP contribution in [0.5, 0.6) is 0 Å². The molecule has 1 aliphatic carbocycles. The van der Waals surface area contributed by atoms with Crippen LogP contribution >= 0.6 is 0 Å². The molecule has 0 saturated heterocycles. The summed E-state index contributed by atoms with van der Waals surface area (Å²) >= 11 is 0. The van der Waals surface area contributed by atoms with Gasteiger partial charge in [-0.1, -0.05) is 13.8 Å². The molecule has 0 aromatic carbocycles. The highest BCUT2D eigenvalue weighted by Gasteiger charge is 2.36. The molecule has 72 valence electrons. The molecule has 0 heterocycles. The SMILES string of the molecule is CCOC(C(C)C)C(O)C1CC1. The van der Waals surface area contributed by atoms with Gasteiger partial charge in [-0.05, 0) is 31.6 Å². The van der Waals surface area contributed by atoms with Crippen molar-refractivity contribution in [3.63, 3.8) is 0 Å². The second-order valence-corrected chi connectivity index (χ2v) is 3.99. The Morgan fingerprint density at radius 3 is 2.33 bits per heavy atom. The maximum atomic E-state index is 9.83. The monoisotopic (exact) mass is 172 g/mol. The summed E-state index contributed by atoms with van der Waals surface area (Å²) in [5.74, 6) is 0.935. The van der Waals surface area contributed by atoms with Gasteiger partial charge >= 0.3 is 0 Å². The molecule has 0 spiro atoms. The van der Waals surface area contributed by atoms with Crippen LogP contribution in [-0.4, -0.2) is 23.9 Å². The van der Waals surface area contributed by atoms with Crippen LogP contribution in [0.4, 0.5) is 0 Å². The Morgan fingerprint density at radius 2 is 2.00 bits per heavy atom. The highest BCUT2D eigenvalue weighted by Crippen LogP contribution is 2.36. The Labute approximate surface area is 74.9 Å². The van der Waals surface area contributed by atoms with Crippen LogP contribution in [-0.2, 0) is 4.74 Å². The smallest absolute Gasteiger partial charge is 0.0859 e. The summed E-state index contributed by atoms with van der Waals surface area (Å²) in [5.41, 5.74) is 0. The number of hydrogen-bond donors (Lipinski definition) is 1. The van der Waals surface area contributed by atoms with E-state index < -0.39 is 0 Å². The Kier molecular flexibility index (Phi) is 3.53. The van der Waals surface area contributed by atoms with E-state index in [1.807, 2.05) is 6.92 Å². The zero-order valence-electron chi connectivity index (χ0n) is 8.29. The molecule has 0 aliphatic heterocycles. The maximum absolute atomic E-state index is 9.83. The zero-order valence-corrected chi connectivity index (χ0v) is 8.29. The highest BCUT2D eigenvalue weighted by atomic mass is 16.5. The summed E-state index contributed by atoms with van der Waals surface area (Å²) < 4.78 is 5.52. The van der Waals surface area contributed by atoms with E-state index in [9.17, 15) is 5.11 Å². The van der Waals surface area contributed by atoms with Crippen molar-refractivity contribution in [1.82, 2.24) is 0 Å². The normalized spacial score (nSPS) is 22.8. The van der Waals surface area contributed by atoms with E-state index in [0.717, 1.165) is 0 Å². The predicted molar refractivity (Wildman–Crippen MR) is 49.0 cm³/mol. The quantitative estimate of drug-likeness (QED) is 0.685. The first-order valence-corrected chi connectivity index (χ1v) is 4.96. The second kappa shape index (κ2) is 4.24. The van der Waals surface area contributed by atoms with Crippen LogP contribution < -0.4 is 0 Å². The van der Waals surface area contributed by atoms with E-state index in [4.69, 9.17) is 4.74 Å². The van der Waals surface area contributed by atoms with E-state index in [-0.39, 0.29) is 12.2 Å². The van der Waals surface area contributed by atoms with Gasteiger partial charge in [-0.3, -0.25) is 0 Å². The lowest BCUT2D eigenvalue weighted by atomic mass is 9.98. The number of rotatable bonds is 5. The molecular weight excluding hydrogens is 152 g/mol. The van der Waals surface area contributed by atoms with Gasteiger partial charge in [-0.25, -0.2) is 0 Å². The Bertz CT molecular complexity index is 130. The fraction of sp³-hybridized carbons (Fsp3) is 1.00. The van der Waals surface area contributed by atoms with Crippen molar-refractivity contribution in [3.05, 3.63) is 0 Å². The molecule has 1 fully saturated rings. The topological polar surface area (TPSA) is 29.5 Å². The lowest BCUT2D eigenvalue weighted by molar-refractivity contribution is -0.0652. The second-order valence-electron chi connectivity index (χ2n) is 3.99. The number of hydrogen-bond acceptors (Lipinski definition) is 2. The molecule has 0 aromatic heterocycles. The molecule has 2 atom stereocenters. The summed E-state index contributed by atoms with van der Waals surface area (Å²) in [7, 11) is 0. The van der Waals surface area contributed by atoms with Crippen molar-refractivity contribution in [2.45, 2.75) is 45.8 Å². The maximum Gasteiger partial charge on any atom is 0.0859 e. The molecule has 0 bridgehead atoms. The molecule has 12 heavy (non-hydrogen) atoms. The van der Waals surface area contributed by atoms with Gasteiger partial charge in [0.15, 0.2) is 0 Å². The molecule has 2 heteroatoms. The van der Waals surface area contributed by atoms with Crippen molar-refractivity contribution >= 4 is 0 Å². The van der Waals surface area contributed by atoms with Gasteiger partial charge < -0.3 is 9.84 Å². The van der Waals surface area contributed by atoms with Gasteiger partial charge in [-0.2, -0.15) is 0 Å². The Morgan fingerprint density at radius 1 is 1.42 bits per heavy atom. The third kappa shape index (κ3) is 2.46. The first-order chi connectivity index (χ1) is 5.66. The minimum absolute atomic E-state index is 0.0440. The molecule has 0 amide bonds. The number of ether oxygens (including phenoxy) is 1. The standard InChI is InChI=1S/C10H20O2/c1-4-12-10(7(2)3)9(11)8-5-6-8/h7-11H,4-6H2,1-3H3. The molecule has 1 N–H and O–H groups in total. The van der Waals surface area contributed by atoms with Gasteiger partial charge in [0, 0.05) is 6.61 Å². The fourth-order valence-electron chi connectivity index (χ4n) is 1.58. The van der Waals surface area contributed by atoms with Crippen LogP contribution in [0.25, 0.3) is 0 Å². The molecule has 2 nitrogen and oxygen atoms in total. The average Bonchev–Trinajstić information content (AvgIpc) is 2.80. The fourth-order valence-corrected chi connectivity index (χ4v) is 1.58. The molecule has 2 unspecified atom stereocenters. The molecule has 1 saturated carbocycles. The van der Waals surface area contributed by atoms with Crippen molar-refractivity contribution in [3.8, 4) is 0 Å². The highest BCUT2D eigenvalue weighted by molar-refractivity contribution is 4.87. The number of aliphatic hydroxyl groups excluding tert-OH is 1. The van der Waals surface area contributed by atoms with E-state index in [1.165, 1.54) is 12.8 Å². The van der Waals surface area contributed by atoms with Crippen LogP contribution in [0.15, 0.2) is 0 Å². The van der Waals surface area contributed by atoms with E-state index in [2.05, 4.69) is 13.8 Å². The van der Waals surface area contributed by atoms with Gasteiger partial charge in [0.1, 0.15) is 0 Å². The zero-order chi connectivity index (χ0) is 9.14. The van der Waals surface area contributed by atoms with Crippen molar-refractivity contribution < 1.29 is 9.84 Å². The first kappa shape index (κ1) is 10.0.